The van der Waals surface area contributed by atoms with Gasteiger partial charge in [0.2, 0.25) is 0 Å². The quantitative estimate of drug-likeness (QED) is 0.780. The number of hydrogen-bond acceptors (Lipinski definition) is 4. The molecular formula is C20H19NO3S. The molecular weight excluding hydrogens is 334 g/mol. The van der Waals surface area contributed by atoms with Crippen molar-refractivity contribution in [3.05, 3.63) is 64.6 Å². The van der Waals surface area contributed by atoms with Gasteiger partial charge >= 0.3 is 0 Å². The molecule has 25 heavy (non-hydrogen) atoms. The highest BCUT2D eigenvalue weighted by Gasteiger charge is 2.24. The molecule has 0 unspecified atom stereocenters. The molecule has 2 aromatic rings. The third-order valence-corrected chi connectivity index (χ3v) is 4.56. The lowest BCUT2D eigenvalue weighted by Gasteiger charge is -2.19. The van der Waals surface area contributed by atoms with E-state index in [9.17, 15) is 9.59 Å². The number of rotatable bonds is 3. The first kappa shape index (κ1) is 17.3. The first-order valence-electron chi connectivity index (χ1n) is 7.94. The third kappa shape index (κ3) is 4.31. The molecule has 0 radical (unpaired) electrons. The molecule has 1 aliphatic heterocycles. The second kappa shape index (κ2) is 6.76. The Morgan fingerprint density at radius 1 is 1.00 bits per heavy atom. The molecule has 0 atom stereocenters. The Morgan fingerprint density at radius 2 is 1.72 bits per heavy atom. The van der Waals surface area contributed by atoms with Gasteiger partial charge in [0.1, 0.15) is 11.5 Å². The average molecular weight is 353 g/mol. The minimum absolute atomic E-state index is 0.0988. The van der Waals surface area contributed by atoms with Crippen molar-refractivity contribution in [2.45, 2.75) is 26.2 Å². The Morgan fingerprint density at radius 3 is 2.32 bits per heavy atom. The standard InChI is InChI=1S/C20H19NO3S/c1-20(2,3)14-7-9-15(10-8-14)24-16-6-4-5-13(11-16)12-17-18(22)21-19(23)25-17/h4-12H,1-3H3,(H,21,22,23)/b17-12-. The maximum absolute atomic E-state index is 11.6. The number of amides is 2. The van der Waals surface area contributed by atoms with Gasteiger partial charge in [-0.2, -0.15) is 0 Å². The smallest absolute Gasteiger partial charge is 0.290 e. The van der Waals surface area contributed by atoms with Gasteiger partial charge in [0.15, 0.2) is 0 Å². The van der Waals surface area contributed by atoms with Crippen molar-refractivity contribution in [2.24, 2.45) is 0 Å². The minimum atomic E-state index is -0.362. The van der Waals surface area contributed by atoms with Crippen molar-refractivity contribution in [1.29, 1.82) is 0 Å². The summed E-state index contributed by atoms with van der Waals surface area (Å²) >= 11 is 0.903. The van der Waals surface area contributed by atoms with Gasteiger partial charge in [-0.3, -0.25) is 14.9 Å². The van der Waals surface area contributed by atoms with Crippen molar-refractivity contribution >= 4 is 29.0 Å². The number of thioether (sulfide) groups is 1. The number of carbonyl (C=O) groups excluding carboxylic acids is 2. The van der Waals surface area contributed by atoms with E-state index in [4.69, 9.17) is 4.74 Å². The van der Waals surface area contributed by atoms with E-state index in [-0.39, 0.29) is 16.6 Å². The fraction of sp³-hybridized carbons (Fsp3) is 0.200. The van der Waals surface area contributed by atoms with E-state index in [1.807, 2.05) is 36.4 Å². The normalized spacial score (nSPS) is 16.2. The number of carbonyl (C=O) groups is 2. The number of imide groups is 1. The fourth-order valence-corrected chi connectivity index (χ4v) is 3.08. The van der Waals surface area contributed by atoms with Crippen LogP contribution in [0.3, 0.4) is 0 Å². The van der Waals surface area contributed by atoms with Crippen LogP contribution in [0.4, 0.5) is 4.79 Å². The minimum Gasteiger partial charge on any atom is -0.457 e. The van der Waals surface area contributed by atoms with Gasteiger partial charge in [-0.25, -0.2) is 0 Å². The van der Waals surface area contributed by atoms with Crippen molar-refractivity contribution in [3.63, 3.8) is 0 Å². The molecule has 1 fully saturated rings. The Labute approximate surface area is 151 Å². The lowest BCUT2D eigenvalue weighted by molar-refractivity contribution is -0.115. The van der Waals surface area contributed by atoms with Crippen LogP contribution in [0.2, 0.25) is 0 Å². The predicted octanol–water partition coefficient (Wildman–Crippen LogP) is 5.10. The molecule has 3 rings (SSSR count). The Kier molecular flexibility index (Phi) is 4.68. The summed E-state index contributed by atoms with van der Waals surface area (Å²) in [6, 6.07) is 15.4. The summed E-state index contributed by atoms with van der Waals surface area (Å²) in [6.07, 6.45) is 1.68. The first-order chi connectivity index (χ1) is 11.8. The van der Waals surface area contributed by atoms with Gasteiger partial charge in [0.25, 0.3) is 11.1 Å². The predicted molar refractivity (Wildman–Crippen MR) is 101 cm³/mol. The van der Waals surface area contributed by atoms with E-state index in [0.717, 1.165) is 23.1 Å². The molecule has 5 heteroatoms. The van der Waals surface area contributed by atoms with E-state index < -0.39 is 0 Å². The van der Waals surface area contributed by atoms with Crippen molar-refractivity contribution in [2.75, 3.05) is 0 Å². The number of hydrogen-bond donors (Lipinski definition) is 1. The molecule has 0 aliphatic carbocycles. The molecule has 1 aliphatic rings. The number of benzene rings is 2. The molecule has 2 aromatic carbocycles. The van der Waals surface area contributed by atoms with E-state index in [1.54, 1.807) is 6.08 Å². The summed E-state index contributed by atoms with van der Waals surface area (Å²) in [7, 11) is 0. The second-order valence-corrected chi connectivity index (χ2v) is 7.82. The fourth-order valence-electron chi connectivity index (χ4n) is 2.40. The molecule has 128 valence electrons. The second-order valence-electron chi connectivity index (χ2n) is 6.80. The summed E-state index contributed by atoms with van der Waals surface area (Å²) in [4.78, 5) is 23.2. The van der Waals surface area contributed by atoms with Crippen LogP contribution in [-0.2, 0) is 10.2 Å². The van der Waals surface area contributed by atoms with Gasteiger partial charge in [-0.05, 0) is 58.6 Å². The lowest BCUT2D eigenvalue weighted by atomic mass is 9.87. The highest BCUT2D eigenvalue weighted by Crippen LogP contribution is 2.29. The number of nitrogens with one attached hydrogen (secondary N) is 1. The molecule has 4 nitrogen and oxygen atoms in total. The zero-order valence-corrected chi connectivity index (χ0v) is 15.1. The molecule has 1 N–H and O–H groups in total. The average Bonchev–Trinajstić information content (AvgIpc) is 2.85. The van der Waals surface area contributed by atoms with Gasteiger partial charge in [-0.15, -0.1) is 0 Å². The van der Waals surface area contributed by atoms with Gasteiger partial charge in [-0.1, -0.05) is 45.0 Å². The molecule has 0 aromatic heterocycles. The van der Waals surface area contributed by atoms with Crippen molar-refractivity contribution in [3.8, 4) is 11.5 Å². The van der Waals surface area contributed by atoms with Crippen LogP contribution < -0.4 is 10.1 Å². The number of ether oxygens (including phenoxy) is 1. The van der Waals surface area contributed by atoms with Crippen molar-refractivity contribution in [1.82, 2.24) is 5.32 Å². The summed E-state index contributed by atoms with van der Waals surface area (Å²) in [6.45, 7) is 6.51. The Bertz CT molecular complexity index is 848. The van der Waals surface area contributed by atoms with Crippen LogP contribution in [0.15, 0.2) is 53.4 Å². The summed E-state index contributed by atoms with van der Waals surface area (Å²) < 4.78 is 5.90. The SMILES string of the molecule is CC(C)(C)c1ccc(Oc2cccc(/C=C3\SC(=O)NC3=O)c2)cc1. The first-order valence-corrected chi connectivity index (χ1v) is 8.76. The highest BCUT2D eigenvalue weighted by molar-refractivity contribution is 8.18. The van der Waals surface area contributed by atoms with Gasteiger partial charge in [0, 0.05) is 0 Å². The van der Waals surface area contributed by atoms with Crippen LogP contribution in [-0.4, -0.2) is 11.1 Å². The maximum Gasteiger partial charge on any atom is 0.290 e. The van der Waals surface area contributed by atoms with Crippen LogP contribution >= 0.6 is 11.8 Å². The molecule has 0 saturated carbocycles. The lowest BCUT2D eigenvalue weighted by Crippen LogP contribution is -2.17. The highest BCUT2D eigenvalue weighted by atomic mass is 32.2. The zero-order chi connectivity index (χ0) is 18.0. The monoisotopic (exact) mass is 353 g/mol. The summed E-state index contributed by atoms with van der Waals surface area (Å²) in [5, 5.41) is 1.90. The maximum atomic E-state index is 11.6. The van der Waals surface area contributed by atoms with E-state index >= 15 is 0 Å². The summed E-state index contributed by atoms with van der Waals surface area (Å²) in [5.41, 5.74) is 2.14. The van der Waals surface area contributed by atoms with E-state index in [0.29, 0.717) is 10.7 Å². The van der Waals surface area contributed by atoms with Crippen LogP contribution in [0.1, 0.15) is 31.9 Å². The van der Waals surface area contributed by atoms with Crippen LogP contribution in [0, 0.1) is 0 Å². The zero-order valence-electron chi connectivity index (χ0n) is 14.3. The summed E-state index contributed by atoms with van der Waals surface area (Å²) in [5.74, 6) is 1.06. The Balaban J connectivity index is 1.77. The Hall–Kier alpha value is -2.53. The van der Waals surface area contributed by atoms with Crippen molar-refractivity contribution < 1.29 is 14.3 Å². The topological polar surface area (TPSA) is 55.4 Å². The van der Waals surface area contributed by atoms with E-state index in [1.165, 1.54) is 5.56 Å². The third-order valence-electron chi connectivity index (χ3n) is 3.75. The largest absolute Gasteiger partial charge is 0.457 e. The van der Waals surface area contributed by atoms with Crippen LogP contribution in [0.25, 0.3) is 6.08 Å². The van der Waals surface area contributed by atoms with Gasteiger partial charge in [0.05, 0.1) is 4.91 Å². The molecule has 0 bridgehead atoms. The van der Waals surface area contributed by atoms with E-state index in [2.05, 4.69) is 38.2 Å². The molecule has 1 saturated heterocycles. The molecule has 1 heterocycles. The molecule has 0 spiro atoms. The molecule has 2 amide bonds. The van der Waals surface area contributed by atoms with Crippen LogP contribution in [0.5, 0.6) is 11.5 Å². The van der Waals surface area contributed by atoms with Gasteiger partial charge < -0.3 is 4.74 Å².